The number of ether oxygens (including phenoxy) is 1. The third-order valence-electron chi connectivity index (χ3n) is 0.978. The van der Waals surface area contributed by atoms with Gasteiger partial charge in [-0.05, 0) is 0 Å². The van der Waals surface area contributed by atoms with Crippen molar-refractivity contribution in [2.45, 2.75) is 12.2 Å². The van der Waals surface area contributed by atoms with Gasteiger partial charge in [-0.15, -0.1) is 0 Å². The van der Waals surface area contributed by atoms with E-state index in [2.05, 4.69) is 4.74 Å². The molecule has 2 atom stereocenters. The minimum Gasteiger partial charge on any atom is -0.479 e. The molecule has 1 aliphatic rings. The van der Waals surface area contributed by atoms with Crippen LogP contribution >= 0.6 is 0 Å². The Hall–Kier alpha value is -0.100. The quantitative estimate of drug-likeness (QED) is 0.313. The summed E-state index contributed by atoms with van der Waals surface area (Å²) in [6, 6.07) is 0. The third-order valence-corrected chi connectivity index (χ3v) is 0.978. The molecule has 1 saturated heterocycles. The van der Waals surface area contributed by atoms with Crippen molar-refractivity contribution in [3.8, 4) is 0 Å². The van der Waals surface area contributed by atoms with Crippen LogP contribution in [0.25, 0.3) is 0 Å². The maximum atomic E-state index is 9.89. The molecule has 6 heteroatoms. The van der Waals surface area contributed by atoms with Crippen LogP contribution in [0.15, 0.2) is 0 Å². The Morgan fingerprint density at radius 2 is 1.40 bits per heavy atom. The number of rotatable bonds is 2. The van der Waals surface area contributed by atoms with Crippen molar-refractivity contribution in [3.63, 3.8) is 0 Å². The number of carbonyl (C=O) groups is 2. The largest absolute Gasteiger partial charge is 1.00 e. The van der Waals surface area contributed by atoms with Crippen LogP contribution in [0.5, 0.6) is 0 Å². The van der Waals surface area contributed by atoms with Crippen LogP contribution in [-0.4, -0.2) is 34.4 Å². The molecule has 10 heavy (non-hydrogen) atoms. The Labute approximate surface area is 78.3 Å². The van der Waals surface area contributed by atoms with Crippen LogP contribution in [0, 0.1) is 0 Å². The predicted octanol–water partition coefficient (Wildman–Crippen LogP) is -4.07. The maximum Gasteiger partial charge on any atom is 1.00 e. The molecule has 0 saturated carbocycles. The molecule has 0 spiro atoms. The molecule has 0 amide bonds. The van der Waals surface area contributed by atoms with Crippen LogP contribution in [0.3, 0.4) is 0 Å². The van der Waals surface area contributed by atoms with E-state index in [1.165, 1.54) is 0 Å². The van der Waals surface area contributed by atoms with E-state index in [4.69, 9.17) is 10.2 Å². The normalized spacial score (nSPS) is 28.4. The Balaban J connectivity index is 0.000000810. The number of carboxylic acid groups (broad SMARTS) is 2. The molecule has 1 aliphatic heterocycles. The number of carboxylic acids is 2. The molecule has 50 valence electrons. The predicted molar refractivity (Wildman–Crippen MR) is 23.9 cm³/mol. The average molecular weight is 155 g/mol. The molecule has 1 fully saturated rings. The Bertz CT molecular complexity index is 149. The van der Waals surface area contributed by atoms with Gasteiger partial charge in [0.25, 0.3) is 0 Å². The summed E-state index contributed by atoms with van der Waals surface area (Å²) in [6.45, 7) is 0. The third kappa shape index (κ3) is 1.95. The second-order valence-electron chi connectivity index (χ2n) is 1.65. The first-order valence-corrected chi connectivity index (χ1v) is 2.24. The van der Waals surface area contributed by atoms with Crippen molar-refractivity contribution in [3.05, 3.63) is 0 Å². The van der Waals surface area contributed by atoms with Crippen LogP contribution in [0.2, 0.25) is 0 Å². The van der Waals surface area contributed by atoms with Crippen molar-refractivity contribution < 1.29 is 54.1 Å². The summed E-state index contributed by atoms with van der Waals surface area (Å²) in [5.41, 5.74) is 0. The molecule has 0 aliphatic carbocycles. The van der Waals surface area contributed by atoms with Gasteiger partial charge in [-0.3, -0.25) is 0 Å². The van der Waals surface area contributed by atoms with Crippen molar-refractivity contribution in [2.75, 3.05) is 0 Å². The molecule has 1 rings (SSSR count). The molecule has 2 unspecified atom stereocenters. The van der Waals surface area contributed by atoms with Crippen LogP contribution in [-0.2, 0) is 14.3 Å². The van der Waals surface area contributed by atoms with E-state index in [1.54, 1.807) is 0 Å². The summed E-state index contributed by atoms with van der Waals surface area (Å²) in [7, 11) is 0. The molecule has 5 nitrogen and oxygen atoms in total. The van der Waals surface area contributed by atoms with Crippen LogP contribution in [0.4, 0.5) is 0 Å². The van der Waals surface area contributed by atoms with Crippen molar-refractivity contribution >= 4 is 11.9 Å². The molecule has 0 aromatic rings. The van der Waals surface area contributed by atoms with Gasteiger partial charge < -0.3 is 14.9 Å². The van der Waals surface area contributed by atoms with E-state index >= 15 is 0 Å². The summed E-state index contributed by atoms with van der Waals surface area (Å²) in [4.78, 5) is 19.8. The molecule has 2 N–H and O–H groups in total. The SMILES string of the molecule is O=C(O)C1OC1C(=O)O.[Na+]. The summed E-state index contributed by atoms with van der Waals surface area (Å²) in [5.74, 6) is -2.44. The fraction of sp³-hybridized carbons (Fsp3) is 0.500. The van der Waals surface area contributed by atoms with Crippen molar-refractivity contribution in [1.82, 2.24) is 0 Å². The summed E-state index contributed by atoms with van der Waals surface area (Å²) >= 11 is 0. The maximum absolute atomic E-state index is 9.89. The van der Waals surface area contributed by atoms with E-state index in [9.17, 15) is 9.59 Å². The number of hydrogen-bond acceptors (Lipinski definition) is 3. The molecule has 0 radical (unpaired) electrons. The van der Waals surface area contributed by atoms with E-state index in [0.717, 1.165) is 0 Å². The first-order valence-electron chi connectivity index (χ1n) is 2.24. The van der Waals surface area contributed by atoms with E-state index < -0.39 is 24.1 Å². The fourth-order valence-corrected chi connectivity index (χ4v) is 0.488. The second-order valence-corrected chi connectivity index (χ2v) is 1.65. The second kappa shape index (κ2) is 3.34. The van der Waals surface area contributed by atoms with E-state index in [1.807, 2.05) is 0 Å². The Morgan fingerprint density at radius 1 is 1.10 bits per heavy atom. The van der Waals surface area contributed by atoms with Gasteiger partial charge in [0.05, 0.1) is 0 Å². The molecular weight excluding hydrogens is 151 g/mol. The van der Waals surface area contributed by atoms with Gasteiger partial charge in [0.2, 0.25) is 0 Å². The fourth-order valence-electron chi connectivity index (χ4n) is 0.488. The zero-order valence-electron chi connectivity index (χ0n) is 5.27. The van der Waals surface area contributed by atoms with E-state index in [0.29, 0.717) is 0 Å². The average Bonchev–Trinajstić information content (AvgIpc) is 2.39. The van der Waals surface area contributed by atoms with E-state index in [-0.39, 0.29) is 29.6 Å². The van der Waals surface area contributed by atoms with Gasteiger partial charge in [-0.1, -0.05) is 0 Å². The van der Waals surface area contributed by atoms with Gasteiger partial charge >= 0.3 is 41.5 Å². The van der Waals surface area contributed by atoms with Gasteiger partial charge in [-0.25, -0.2) is 9.59 Å². The van der Waals surface area contributed by atoms with Crippen LogP contribution in [0.1, 0.15) is 0 Å². The first-order chi connectivity index (χ1) is 4.13. The zero-order chi connectivity index (χ0) is 7.02. The zero-order valence-corrected chi connectivity index (χ0v) is 7.27. The van der Waals surface area contributed by atoms with Gasteiger partial charge in [0.1, 0.15) is 0 Å². The topological polar surface area (TPSA) is 87.1 Å². The molecule has 1 heterocycles. The minimum atomic E-state index is -1.22. The van der Waals surface area contributed by atoms with Crippen molar-refractivity contribution in [2.24, 2.45) is 0 Å². The number of epoxide rings is 1. The van der Waals surface area contributed by atoms with Gasteiger partial charge in [0.15, 0.2) is 12.2 Å². The minimum absolute atomic E-state index is 0. The summed E-state index contributed by atoms with van der Waals surface area (Å²) in [5, 5.41) is 16.2. The Kier molecular flexibility index (Phi) is 3.30. The standard InChI is InChI=1S/C4H4O5.Na/c5-3(6)1-2(9-1)4(7)8;/h1-2H,(H,5,6)(H,7,8);/q;+1. The van der Waals surface area contributed by atoms with Gasteiger partial charge in [0, 0.05) is 0 Å². The smallest absolute Gasteiger partial charge is 0.479 e. The Morgan fingerprint density at radius 3 is 1.50 bits per heavy atom. The van der Waals surface area contributed by atoms with Crippen molar-refractivity contribution in [1.29, 1.82) is 0 Å². The number of aliphatic carboxylic acids is 2. The van der Waals surface area contributed by atoms with Crippen LogP contribution < -0.4 is 29.6 Å². The number of hydrogen-bond donors (Lipinski definition) is 2. The first kappa shape index (κ1) is 9.90. The molecule has 0 aromatic carbocycles. The molecular formula is C4H4NaO5+. The molecule has 0 bridgehead atoms. The monoisotopic (exact) mass is 155 g/mol. The molecule has 0 aromatic heterocycles. The van der Waals surface area contributed by atoms with Gasteiger partial charge in [-0.2, -0.15) is 0 Å². The summed E-state index contributed by atoms with van der Waals surface area (Å²) in [6.07, 6.45) is -2.25. The summed E-state index contributed by atoms with van der Waals surface area (Å²) < 4.78 is 4.24.